The first kappa shape index (κ1) is 20.3. The van der Waals surface area contributed by atoms with Gasteiger partial charge < -0.3 is 14.6 Å². The van der Waals surface area contributed by atoms with Gasteiger partial charge in [0.05, 0.1) is 5.56 Å². The second kappa shape index (κ2) is 10.1. The smallest absolute Gasteiger partial charge is 0.335 e. The van der Waals surface area contributed by atoms with Crippen molar-refractivity contribution < 1.29 is 19.4 Å². The van der Waals surface area contributed by atoms with Crippen molar-refractivity contribution >= 4 is 5.97 Å². The number of methoxy groups -OCH3 is 2. The molecule has 4 heteroatoms. The second-order valence-electron chi connectivity index (χ2n) is 5.95. The van der Waals surface area contributed by atoms with E-state index >= 15 is 0 Å². The maximum Gasteiger partial charge on any atom is 0.335 e. The molecule has 1 aromatic rings. The molecule has 0 aliphatic rings. The molecule has 4 nitrogen and oxygen atoms in total. The van der Waals surface area contributed by atoms with E-state index in [1.807, 2.05) is 0 Å². The maximum absolute atomic E-state index is 10.2. The predicted molar refractivity (Wildman–Crippen MR) is 89.0 cm³/mol. The molecule has 0 radical (unpaired) electrons. The summed E-state index contributed by atoms with van der Waals surface area (Å²) in [4.78, 5) is 10.2. The monoisotopic (exact) mass is 308 g/mol. The van der Waals surface area contributed by atoms with Gasteiger partial charge in [0.2, 0.25) is 0 Å². The van der Waals surface area contributed by atoms with Crippen LogP contribution in [0.2, 0.25) is 0 Å². The third-order valence-corrected chi connectivity index (χ3v) is 3.12. The van der Waals surface area contributed by atoms with Crippen molar-refractivity contribution in [3.05, 3.63) is 47.5 Å². The average Bonchev–Trinajstić information content (AvgIpc) is 2.48. The summed E-state index contributed by atoms with van der Waals surface area (Å²) >= 11 is 0. The van der Waals surface area contributed by atoms with Crippen molar-refractivity contribution in [2.45, 2.75) is 40.4 Å². The van der Waals surface area contributed by atoms with Crippen molar-refractivity contribution in [1.29, 1.82) is 0 Å². The van der Waals surface area contributed by atoms with Gasteiger partial charge in [-0.2, -0.15) is 0 Å². The van der Waals surface area contributed by atoms with Crippen LogP contribution in [0.5, 0.6) is 0 Å². The van der Waals surface area contributed by atoms with Gasteiger partial charge in [-0.15, -0.1) is 0 Å². The molecule has 124 valence electrons. The minimum atomic E-state index is -0.879. The Morgan fingerprint density at radius 2 is 1.68 bits per heavy atom. The van der Waals surface area contributed by atoms with Crippen LogP contribution in [0, 0.1) is 5.41 Å². The first-order valence-electron chi connectivity index (χ1n) is 7.22. The summed E-state index contributed by atoms with van der Waals surface area (Å²) in [5, 5.41) is 8.38. The van der Waals surface area contributed by atoms with Gasteiger partial charge in [-0.25, -0.2) is 4.79 Å². The Labute approximate surface area is 133 Å². The van der Waals surface area contributed by atoms with Gasteiger partial charge in [0.25, 0.3) is 0 Å². The zero-order chi connectivity index (χ0) is 17.2. The quantitative estimate of drug-likeness (QED) is 0.626. The van der Waals surface area contributed by atoms with Crippen molar-refractivity contribution in [3.63, 3.8) is 0 Å². The van der Waals surface area contributed by atoms with E-state index in [9.17, 15) is 4.79 Å². The molecule has 0 amide bonds. The van der Waals surface area contributed by atoms with E-state index in [0.717, 1.165) is 6.42 Å². The minimum absolute atomic E-state index is 0.0285. The molecule has 0 fully saturated rings. The van der Waals surface area contributed by atoms with Crippen LogP contribution in [0.3, 0.4) is 0 Å². The summed E-state index contributed by atoms with van der Waals surface area (Å²) < 4.78 is 10.5. The Kier molecular flexibility index (Phi) is 9.38. The molecule has 0 saturated heterocycles. The fourth-order valence-corrected chi connectivity index (χ4v) is 1.88. The third-order valence-electron chi connectivity index (χ3n) is 3.12. The Balaban J connectivity index is 0.000000425. The number of allylic oxidation sites excluding steroid dienone is 2. The van der Waals surface area contributed by atoms with Gasteiger partial charge in [0.1, 0.15) is 0 Å². The van der Waals surface area contributed by atoms with E-state index in [1.165, 1.54) is 5.57 Å². The van der Waals surface area contributed by atoms with Crippen LogP contribution < -0.4 is 0 Å². The first-order valence-corrected chi connectivity index (χ1v) is 7.22. The van der Waals surface area contributed by atoms with Gasteiger partial charge in [-0.1, -0.05) is 43.7 Å². The molecule has 0 saturated carbocycles. The molecule has 1 N–H and O–H groups in total. The zero-order valence-electron chi connectivity index (χ0n) is 14.4. The van der Waals surface area contributed by atoms with Crippen molar-refractivity contribution in [1.82, 2.24) is 0 Å². The number of benzene rings is 1. The largest absolute Gasteiger partial charge is 0.478 e. The number of carboxylic acids is 1. The lowest BCUT2D eigenvalue weighted by Gasteiger charge is -2.31. The molecule has 0 aromatic heterocycles. The molecule has 0 spiro atoms. The van der Waals surface area contributed by atoms with Crippen molar-refractivity contribution in [2.24, 2.45) is 5.41 Å². The van der Waals surface area contributed by atoms with E-state index in [2.05, 4.69) is 33.8 Å². The number of ether oxygens (including phenoxy) is 2. The van der Waals surface area contributed by atoms with E-state index in [-0.39, 0.29) is 11.7 Å². The van der Waals surface area contributed by atoms with Crippen LogP contribution in [0.15, 0.2) is 42.0 Å². The molecule has 22 heavy (non-hydrogen) atoms. The molecule has 0 unspecified atom stereocenters. The predicted octanol–water partition coefficient (Wildman–Crippen LogP) is 4.37. The zero-order valence-corrected chi connectivity index (χ0v) is 14.4. The van der Waals surface area contributed by atoms with Crippen LogP contribution in [0.4, 0.5) is 0 Å². The van der Waals surface area contributed by atoms with Crippen molar-refractivity contribution in [2.75, 3.05) is 14.2 Å². The molecule has 0 heterocycles. The van der Waals surface area contributed by atoms with Gasteiger partial charge in [-0.05, 0) is 32.4 Å². The fraction of sp³-hybridized carbons (Fsp3) is 0.500. The molecule has 0 bridgehead atoms. The van der Waals surface area contributed by atoms with E-state index in [0.29, 0.717) is 5.56 Å². The summed E-state index contributed by atoms with van der Waals surface area (Å²) in [6, 6.07) is 8.30. The van der Waals surface area contributed by atoms with E-state index < -0.39 is 5.97 Å². The summed E-state index contributed by atoms with van der Waals surface area (Å²) in [6.07, 6.45) is 3.05. The summed E-state index contributed by atoms with van der Waals surface area (Å²) in [7, 11) is 3.36. The SMILES string of the molecule is COC(OC)C(C)(C)CC=C(C)C.O=C(O)c1ccccc1. The van der Waals surface area contributed by atoms with E-state index in [4.69, 9.17) is 14.6 Å². The van der Waals surface area contributed by atoms with Crippen LogP contribution >= 0.6 is 0 Å². The first-order chi connectivity index (χ1) is 10.2. The fourth-order valence-electron chi connectivity index (χ4n) is 1.88. The number of hydrogen-bond acceptors (Lipinski definition) is 3. The highest BCUT2D eigenvalue weighted by Gasteiger charge is 2.28. The number of rotatable bonds is 6. The number of aromatic carboxylic acids is 1. The van der Waals surface area contributed by atoms with E-state index in [1.54, 1.807) is 44.6 Å². The Hall–Kier alpha value is -1.65. The van der Waals surface area contributed by atoms with Crippen LogP contribution in [0.25, 0.3) is 0 Å². The molecule has 1 aromatic carbocycles. The lowest BCUT2D eigenvalue weighted by molar-refractivity contribution is -0.166. The Bertz CT molecular complexity index is 455. The lowest BCUT2D eigenvalue weighted by Crippen LogP contribution is -2.32. The molecular weight excluding hydrogens is 280 g/mol. The summed E-state index contributed by atoms with van der Waals surface area (Å²) in [5.41, 5.74) is 1.69. The Morgan fingerprint density at radius 3 is 2.00 bits per heavy atom. The molecule has 0 atom stereocenters. The molecular formula is C18H28O4. The van der Waals surface area contributed by atoms with Crippen LogP contribution in [-0.2, 0) is 9.47 Å². The number of carbonyl (C=O) groups is 1. The van der Waals surface area contributed by atoms with Gasteiger partial charge in [-0.3, -0.25) is 0 Å². The maximum atomic E-state index is 10.2. The highest BCUT2D eigenvalue weighted by Crippen LogP contribution is 2.28. The average molecular weight is 308 g/mol. The third kappa shape index (κ3) is 7.96. The van der Waals surface area contributed by atoms with Crippen molar-refractivity contribution in [3.8, 4) is 0 Å². The summed E-state index contributed by atoms with van der Waals surface area (Å²) in [5.74, 6) is -0.879. The minimum Gasteiger partial charge on any atom is -0.478 e. The van der Waals surface area contributed by atoms with Gasteiger partial charge in [0.15, 0.2) is 6.29 Å². The van der Waals surface area contributed by atoms with Crippen LogP contribution in [0.1, 0.15) is 44.5 Å². The lowest BCUT2D eigenvalue weighted by atomic mass is 9.87. The molecule has 0 aliphatic carbocycles. The highest BCUT2D eigenvalue weighted by atomic mass is 16.7. The summed E-state index contributed by atoms with van der Waals surface area (Å²) in [6.45, 7) is 8.49. The normalized spacial score (nSPS) is 10.7. The highest BCUT2D eigenvalue weighted by molar-refractivity contribution is 5.87. The van der Waals surface area contributed by atoms with Gasteiger partial charge >= 0.3 is 5.97 Å². The van der Waals surface area contributed by atoms with Crippen LogP contribution in [-0.4, -0.2) is 31.6 Å². The number of hydrogen-bond donors (Lipinski definition) is 1. The molecule has 1 rings (SSSR count). The topological polar surface area (TPSA) is 55.8 Å². The molecule has 0 aliphatic heterocycles. The number of carboxylic acid groups (broad SMARTS) is 1. The second-order valence-corrected chi connectivity index (χ2v) is 5.95. The Morgan fingerprint density at radius 1 is 1.18 bits per heavy atom. The van der Waals surface area contributed by atoms with Gasteiger partial charge in [0, 0.05) is 19.6 Å². The standard InChI is InChI=1S/C11H22O2.C7H6O2/c1-9(2)7-8-11(3,4)10(12-5)13-6;8-7(9)6-4-2-1-3-5-6/h7,10H,8H2,1-6H3;1-5H,(H,8,9).